The molecule has 1 saturated heterocycles. The molecule has 0 bridgehead atoms. The highest BCUT2D eigenvalue weighted by Crippen LogP contribution is 2.36. The van der Waals surface area contributed by atoms with Crippen molar-refractivity contribution in [1.82, 2.24) is 4.90 Å². The summed E-state index contributed by atoms with van der Waals surface area (Å²) in [5.41, 5.74) is 6.95. The molecular weight excluding hydrogens is 255 g/mol. The number of nitrogens with zero attached hydrogens (tertiary/aromatic N) is 3. The van der Waals surface area contributed by atoms with Gasteiger partial charge < -0.3 is 10.6 Å². The molecule has 3 rings (SSSR count). The zero-order valence-corrected chi connectivity index (χ0v) is 12.0. The molecule has 0 saturated carbocycles. The lowest BCUT2D eigenvalue weighted by molar-refractivity contribution is 0.260. The third-order valence-electron chi connectivity index (χ3n) is 4.42. The summed E-state index contributed by atoms with van der Waals surface area (Å²) in [4.78, 5) is 8.99. The van der Waals surface area contributed by atoms with Crippen molar-refractivity contribution < 1.29 is 4.39 Å². The van der Waals surface area contributed by atoms with E-state index < -0.39 is 0 Å². The molecule has 0 aliphatic carbocycles. The van der Waals surface area contributed by atoms with Crippen molar-refractivity contribution in [2.24, 2.45) is 10.7 Å². The van der Waals surface area contributed by atoms with E-state index in [9.17, 15) is 4.39 Å². The number of rotatable bonds is 2. The van der Waals surface area contributed by atoms with Crippen molar-refractivity contribution in [1.29, 1.82) is 0 Å². The number of guanidine groups is 1. The highest BCUT2D eigenvalue weighted by molar-refractivity contribution is 5.98. The molecule has 2 N–H and O–H groups in total. The van der Waals surface area contributed by atoms with E-state index in [2.05, 4.69) is 28.6 Å². The average Bonchev–Trinajstić information content (AvgIpc) is 2.97. The molecule has 1 spiro atoms. The molecule has 20 heavy (non-hydrogen) atoms. The molecule has 4 nitrogen and oxygen atoms in total. The van der Waals surface area contributed by atoms with E-state index in [1.807, 2.05) is 0 Å². The topological polar surface area (TPSA) is 44.9 Å². The number of likely N-dealkylation sites (tertiary alicyclic amines) is 1. The summed E-state index contributed by atoms with van der Waals surface area (Å²) in [6.07, 6.45) is 1.03. The van der Waals surface area contributed by atoms with Crippen LogP contribution in [0.25, 0.3) is 0 Å². The molecule has 1 fully saturated rings. The summed E-state index contributed by atoms with van der Waals surface area (Å²) in [6.45, 7) is 7.14. The number of halogens is 1. The Labute approximate surface area is 119 Å². The van der Waals surface area contributed by atoms with Crippen molar-refractivity contribution in [2.45, 2.75) is 31.8 Å². The first kappa shape index (κ1) is 13.4. The van der Waals surface area contributed by atoms with Gasteiger partial charge in [-0.2, -0.15) is 0 Å². The largest absolute Gasteiger partial charge is 0.369 e. The van der Waals surface area contributed by atoms with E-state index >= 15 is 0 Å². The number of anilines is 1. The third kappa shape index (κ3) is 2.06. The van der Waals surface area contributed by atoms with E-state index in [4.69, 9.17) is 5.73 Å². The number of hydrogen-bond donors (Lipinski definition) is 1. The van der Waals surface area contributed by atoms with Crippen molar-refractivity contribution in [3.05, 3.63) is 30.1 Å². The molecule has 108 valence electrons. The fraction of sp³-hybridized carbons (Fsp3) is 0.533. The number of hydrogen-bond acceptors (Lipinski definition) is 4. The second-order valence-corrected chi connectivity index (χ2v) is 6.02. The SMILES string of the molecule is CC(C)N1CCC2(CN=C(N)N2c2ccc(F)cc2)C1. The predicted molar refractivity (Wildman–Crippen MR) is 79.4 cm³/mol. The van der Waals surface area contributed by atoms with Crippen LogP contribution in [0.4, 0.5) is 10.1 Å². The Balaban J connectivity index is 1.91. The molecule has 2 aliphatic rings. The van der Waals surface area contributed by atoms with E-state index in [0.29, 0.717) is 12.0 Å². The van der Waals surface area contributed by atoms with Gasteiger partial charge in [0.25, 0.3) is 0 Å². The third-order valence-corrected chi connectivity index (χ3v) is 4.42. The Kier molecular flexibility index (Phi) is 3.17. The molecule has 5 heteroatoms. The Morgan fingerprint density at radius 1 is 1.30 bits per heavy atom. The number of benzene rings is 1. The van der Waals surface area contributed by atoms with Crippen LogP contribution in [0.1, 0.15) is 20.3 Å². The quantitative estimate of drug-likeness (QED) is 0.896. The first-order valence-corrected chi connectivity index (χ1v) is 7.12. The molecule has 0 aromatic heterocycles. The average molecular weight is 276 g/mol. The molecule has 1 atom stereocenters. The van der Waals surface area contributed by atoms with Crippen molar-refractivity contribution in [3.63, 3.8) is 0 Å². The van der Waals surface area contributed by atoms with Gasteiger partial charge in [0.1, 0.15) is 5.82 Å². The van der Waals surface area contributed by atoms with Crippen molar-refractivity contribution in [2.75, 3.05) is 24.5 Å². The van der Waals surface area contributed by atoms with Crippen LogP contribution >= 0.6 is 0 Å². The minimum Gasteiger partial charge on any atom is -0.369 e. The lowest BCUT2D eigenvalue weighted by Gasteiger charge is -2.36. The van der Waals surface area contributed by atoms with Gasteiger partial charge in [0.15, 0.2) is 5.96 Å². The van der Waals surface area contributed by atoms with Crippen molar-refractivity contribution in [3.8, 4) is 0 Å². The van der Waals surface area contributed by atoms with Gasteiger partial charge >= 0.3 is 0 Å². The Morgan fingerprint density at radius 3 is 2.60 bits per heavy atom. The maximum atomic E-state index is 13.1. The van der Waals surface area contributed by atoms with Crippen LogP contribution in [-0.4, -0.2) is 42.1 Å². The van der Waals surface area contributed by atoms with Gasteiger partial charge in [0, 0.05) is 24.8 Å². The molecule has 0 radical (unpaired) electrons. The zero-order chi connectivity index (χ0) is 14.3. The minimum absolute atomic E-state index is 0.0633. The first-order chi connectivity index (χ1) is 9.52. The van der Waals surface area contributed by atoms with Crippen LogP contribution in [0.2, 0.25) is 0 Å². The van der Waals surface area contributed by atoms with Gasteiger partial charge in [0.2, 0.25) is 0 Å². The van der Waals surface area contributed by atoms with E-state index in [-0.39, 0.29) is 11.4 Å². The van der Waals surface area contributed by atoms with Gasteiger partial charge in [-0.15, -0.1) is 0 Å². The molecule has 1 unspecified atom stereocenters. The molecular formula is C15H21FN4. The summed E-state index contributed by atoms with van der Waals surface area (Å²) in [6, 6.07) is 7.03. The summed E-state index contributed by atoms with van der Waals surface area (Å²) in [7, 11) is 0. The summed E-state index contributed by atoms with van der Waals surface area (Å²) in [5.74, 6) is 0.315. The van der Waals surface area contributed by atoms with Gasteiger partial charge in [0.05, 0.1) is 12.1 Å². The smallest absolute Gasteiger partial charge is 0.196 e. The highest BCUT2D eigenvalue weighted by atomic mass is 19.1. The Hall–Kier alpha value is -1.62. The molecule has 1 aromatic rings. The highest BCUT2D eigenvalue weighted by Gasteiger charge is 2.48. The Bertz CT molecular complexity index is 525. The summed E-state index contributed by atoms with van der Waals surface area (Å²) >= 11 is 0. The standard InChI is InChI=1S/C15H21FN4/c1-11(2)19-8-7-15(10-19)9-18-14(17)20(15)13-5-3-12(16)4-6-13/h3-6,11H,7-10H2,1-2H3,(H2,17,18). The van der Waals surface area contributed by atoms with Crippen LogP contribution in [-0.2, 0) is 0 Å². The van der Waals surface area contributed by atoms with E-state index in [1.54, 1.807) is 12.1 Å². The molecule has 2 heterocycles. The molecule has 2 aliphatic heterocycles. The van der Waals surface area contributed by atoms with Crippen LogP contribution in [0.3, 0.4) is 0 Å². The fourth-order valence-electron chi connectivity index (χ4n) is 3.25. The van der Waals surface area contributed by atoms with Gasteiger partial charge in [-0.1, -0.05) is 0 Å². The van der Waals surface area contributed by atoms with Crippen LogP contribution in [0.5, 0.6) is 0 Å². The normalized spacial score (nSPS) is 26.8. The monoisotopic (exact) mass is 276 g/mol. The Morgan fingerprint density at radius 2 is 2.00 bits per heavy atom. The van der Waals surface area contributed by atoms with Gasteiger partial charge in [-0.25, -0.2) is 4.39 Å². The number of aliphatic imine (C=N–C) groups is 1. The zero-order valence-electron chi connectivity index (χ0n) is 12.0. The maximum absolute atomic E-state index is 13.1. The lowest BCUT2D eigenvalue weighted by atomic mass is 9.96. The van der Waals surface area contributed by atoms with Crippen LogP contribution < -0.4 is 10.6 Å². The maximum Gasteiger partial charge on any atom is 0.196 e. The second-order valence-electron chi connectivity index (χ2n) is 6.02. The minimum atomic E-state index is -0.229. The second kappa shape index (κ2) is 4.74. The first-order valence-electron chi connectivity index (χ1n) is 7.12. The lowest BCUT2D eigenvalue weighted by Crippen LogP contribution is -2.54. The molecule has 1 aromatic carbocycles. The fourth-order valence-corrected chi connectivity index (χ4v) is 3.25. The van der Waals surface area contributed by atoms with Crippen LogP contribution in [0, 0.1) is 5.82 Å². The predicted octanol–water partition coefficient (Wildman–Crippen LogP) is 1.81. The summed E-state index contributed by atoms with van der Waals surface area (Å²) in [5, 5.41) is 0. The van der Waals surface area contributed by atoms with Crippen molar-refractivity contribution >= 4 is 11.6 Å². The van der Waals surface area contributed by atoms with E-state index in [0.717, 1.165) is 31.7 Å². The van der Waals surface area contributed by atoms with E-state index in [1.165, 1.54) is 12.1 Å². The van der Waals surface area contributed by atoms with Crippen LogP contribution in [0.15, 0.2) is 29.3 Å². The number of nitrogens with two attached hydrogens (primary N) is 1. The van der Waals surface area contributed by atoms with Gasteiger partial charge in [-0.3, -0.25) is 9.89 Å². The van der Waals surface area contributed by atoms with Gasteiger partial charge in [-0.05, 0) is 44.5 Å². The molecule has 0 amide bonds. The summed E-state index contributed by atoms with van der Waals surface area (Å²) < 4.78 is 13.1.